The number of fused-ring (bicyclic) bond motifs is 1. The van der Waals surface area contributed by atoms with Gasteiger partial charge in [0.05, 0.1) is 14.2 Å². The maximum absolute atomic E-state index is 13.7. The van der Waals surface area contributed by atoms with Gasteiger partial charge in [0.25, 0.3) is 5.91 Å². The van der Waals surface area contributed by atoms with Crippen LogP contribution in [0, 0.1) is 11.6 Å². The third kappa shape index (κ3) is 5.41. The lowest BCUT2D eigenvalue weighted by atomic mass is 10.2. The first-order chi connectivity index (χ1) is 14.3. The molecule has 31 heavy (non-hydrogen) atoms. The van der Waals surface area contributed by atoms with Crippen molar-refractivity contribution in [1.82, 2.24) is 9.88 Å². The van der Waals surface area contributed by atoms with Crippen LogP contribution in [0.2, 0.25) is 0 Å². The molecule has 1 aromatic heterocycles. The van der Waals surface area contributed by atoms with E-state index < -0.39 is 17.5 Å². The van der Waals surface area contributed by atoms with Crippen LogP contribution in [0.5, 0.6) is 11.5 Å². The maximum Gasteiger partial charge on any atom is 0.260 e. The maximum atomic E-state index is 13.7. The van der Waals surface area contributed by atoms with E-state index >= 15 is 0 Å². The minimum atomic E-state index is -1.07. The van der Waals surface area contributed by atoms with Gasteiger partial charge in [-0.15, -0.1) is 12.4 Å². The molecule has 3 rings (SSSR count). The molecule has 0 saturated heterocycles. The highest BCUT2D eigenvalue weighted by molar-refractivity contribution is 7.22. The summed E-state index contributed by atoms with van der Waals surface area (Å²) in [5, 5.41) is 0.432. The Hall–Kier alpha value is -2.49. The zero-order valence-corrected chi connectivity index (χ0v) is 19.3. The van der Waals surface area contributed by atoms with Crippen LogP contribution in [-0.4, -0.2) is 57.2 Å². The molecule has 0 unspecified atom stereocenters. The summed E-state index contributed by atoms with van der Waals surface area (Å²) in [6.45, 7) is 1.11. The van der Waals surface area contributed by atoms with Gasteiger partial charge in [0, 0.05) is 12.1 Å². The Bertz CT molecular complexity index is 1020. The minimum absolute atomic E-state index is 0. The van der Waals surface area contributed by atoms with Crippen molar-refractivity contribution >= 4 is 45.0 Å². The third-order valence-electron chi connectivity index (χ3n) is 4.53. The molecule has 2 aromatic carbocycles. The van der Waals surface area contributed by atoms with Crippen LogP contribution in [0.4, 0.5) is 13.9 Å². The van der Waals surface area contributed by atoms with E-state index in [-0.39, 0.29) is 18.0 Å². The molecule has 10 heteroatoms. The second-order valence-electron chi connectivity index (χ2n) is 6.89. The lowest BCUT2D eigenvalue weighted by molar-refractivity contribution is 0.0985. The highest BCUT2D eigenvalue weighted by atomic mass is 35.5. The molecular formula is C21H24ClF2N3O3S. The Kier molecular flexibility index (Phi) is 8.55. The molecule has 0 saturated carbocycles. The number of hydrogen-bond donors (Lipinski definition) is 0. The van der Waals surface area contributed by atoms with Crippen molar-refractivity contribution in [1.29, 1.82) is 0 Å². The number of benzene rings is 2. The van der Waals surface area contributed by atoms with E-state index in [0.717, 1.165) is 23.4 Å². The smallest absolute Gasteiger partial charge is 0.260 e. The lowest BCUT2D eigenvalue weighted by Crippen LogP contribution is -2.33. The topological polar surface area (TPSA) is 54.9 Å². The summed E-state index contributed by atoms with van der Waals surface area (Å²) in [6, 6.07) is 6.65. The molecule has 1 amide bonds. The number of thiazole rings is 1. The fraction of sp³-hybridized carbons (Fsp3) is 0.333. The molecule has 0 atom stereocenters. The van der Waals surface area contributed by atoms with Crippen LogP contribution in [0.25, 0.3) is 10.2 Å². The molecule has 0 bridgehead atoms. The number of methoxy groups -OCH3 is 2. The monoisotopic (exact) mass is 471 g/mol. The number of rotatable bonds is 8. The van der Waals surface area contributed by atoms with Gasteiger partial charge < -0.3 is 14.4 Å². The van der Waals surface area contributed by atoms with Crippen molar-refractivity contribution in [3.8, 4) is 11.5 Å². The van der Waals surface area contributed by atoms with Gasteiger partial charge in [-0.25, -0.2) is 13.8 Å². The Morgan fingerprint density at radius 2 is 1.71 bits per heavy atom. The summed E-state index contributed by atoms with van der Waals surface area (Å²) in [6.07, 6.45) is 0.673. The highest BCUT2D eigenvalue weighted by Gasteiger charge is 2.24. The van der Waals surface area contributed by atoms with E-state index in [0.29, 0.717) is 35.1 Å². The number of nitrogens with zero attached hydrogens (tertiary/aromatic N) is 3. The third-order valence-corrected chi connectivity index (χ3v) is 5.62. The molecule has 0 N–H and O–H groups in total. The molecule has 1 heterocycles. The summed E-state index contributed by atoms with van der Waals surface area (Å²) in [4.78, 5) is 21.3. The minimum Gasteiger partial charge on any atom is -0.495 e. The molecule has 3 aromatic rings. The van der Waals surface area contributed by atoms with Crippen LogP contribution in [-0.2, 0) is 0 Å². The van der Waals surface area contributed by atoms with E-state index in [1.54, 1.807) is 26.4 Å². The average Bonchev–Trinajstić information content (AvgIpc) is 3.16. The molecule has 0 fully saturated rings. The predicted molar refractivity (Wildman–Crippen MR) is 121 cm³/mol. The standard InChI is InChI=1S/C21H23F2N3O3S.ClH/c1-25(2)10-5-11-26(20(27)13-6-7-14(22)15(23)12-13)21-24-18-16(28-3)8-9-17(29-4)19(18)30-21;/h6-9,12H,5,10-11H2,1-4H3;1H. The van der Waals surface area contributed by atoms with E-state index in [4.69, 9.17) is 9.47 Å². The zero-order chi connectivity index (χ0) is 21.8. The molecule has 6 nitrogen and oxygen atoms in total. The Labute approximate surface area is 189 Å². The Balaban J connectivity index is 0.00000341. The number of carbonyl (C=O) groups is 1. The number of halogens is 3. The van der Waals surface area contributed by atoms with Crippen molar-refractivity contribution in [3.63, 3.8) is 0 Å². The Morgan fingerprint density at radius 3 is 2.32 bits per heavy atom. The normalized spacial score (nSPS) is 10.8. The van der Waals surface area contributed by atoms with Gasteiger partial charge in [-0.3, -0.25) is 9.69 Å². The van der Waals surface area contributed by atoms with Gasteiger partial charge in [0.15, 0.2) is 16.8 Å². The quantitative estimate of drug-likeness (QED) is 0.480. The number of ether oxygens (including phenoxy) is 2. The van der Waals surface area contributed by atoms with E-state index in [1.807, 2.05) is 19.0 Å². The molecule has 168 valence electrons. The molecular weight excluding hydrogens is 448 g/mol. The summed E-state index contributed by atoms with van der Waals surface area (Å²) in [5.41, 5.74) is 0.629. The SMILES string of the molecule is COc1ccc(OC)c2sc(N(CCCN(C)C)C(=O)c3ccc(F)c(F)c3)nc12.Cl. The molecule has 0 spiro atoms. The van der Waals surface area contributed by atoms with Gasteiger partial charge in [0.1, 0.15) is 21.7 Å². The summed E-state index contributed by atoms with van der Waals surface area (Å²) in [7, 11) is 6.98. The lowest BCUT2D eigenvalue weighted by Gasteiger charge is -2.21. The number of hydrogen-bond acceptors (Lipinski definition) is 6. The van der Waals surface area contributed by atoms with Crippen LogP contribution in [0.15, 0.2) is 30.3 Å². The number of aromatic nitrogens is 1. The van der Waals surface area contributed by atoms with Gasteiger partial charge >= 0.3 is 0 Å². The van der Waals surface area contributed by atoms with Gasteiger partial charge in [-0.05, 0) is 57.4 Å². The first-order valence-corrected chi connectivity index (χ1v) is 10.1. The largest absolute Gasteiger partial charge is 0.495 e. The number of anilines is 1. The number of carbonyl (C=O) groups excluding carboxylic acids is 1. The van der Waals surface area contributed by atoms with Crippen molar-refractivity contribution in [2.75, 3.05) is 46.3 Å². The first-order valence-electron chi connectivity index (χ1n) is 9.29. The van der Waals surface area contributed by atoms with Crippen LogP contribution in [0.3, 0.4) is 0 Å². The van der Waals surface area contributed by atoms with Crippen molar-refractivity contribution in [2.45, 2.75) is 6.42 Å². The van der Waals surface area contributed by atoms with Crippen LogP contribution >= 0.6 is 23.7 Å². The fourth-order valence-corrected chi connectivity index (χ4v) is 4.10. The van der Waals surface area contributed by atoms with Crippen molar-refractivity contribution < 1.29 is 23.0 Å². The Morgan fingerprint density at radius 1 is 1.03 bits per heavy atom. The summed E-state index contributed by atoms with van der Waals surface area (Å²) < 4.78 is 38.6. The second-order valence-corrected chi connectivity index (χ2v) is 7.86. The van der Waals surface area contributed by atoms with Gasteiger partial charge in [-0.2, -0.15) is 0 Å². The van der Waals surface area contributed by atoms with Crippen molar-refractivity contribution in [2.24, 2.45) is 0 Å². The highest BCUT2D eigenvalue weighted by Crippen LogP contribution is 2.40. The van der Waals surface area contributed by atoms with Crippen molar-refractivity contribution in [3.05, 3.63) is 47.5 Å². The first kappa shape index (κ1) is 24.8. The molecule has 0 aliphatic rings. The summed E-state index contributed by atoms with van der Waals surface area (Å²) in [5.74, 6) is -1.35. The predicted octanol–water partition coefficient (Wildman–Crippen LogP) is 4.61. The molecule has 0 aliphatic heterocycles. The van der Waals surface area contributed by atoms with E-state index in [1.165, 1.54) is 22.3 Å². The van der Waals surface area contributed by atoms with E-state index in [9.17, 15) is 13.6 Å². The van der Waals surface area contributed by atoms with Crippen LogP contribution < -0.4 is 14.4 Å². The second kappa shape index (κ2) is 10.7. The zero-order valence-electron chi connectivity index (χ0n) is 17.6. The fourth-order valence-electron chi connectivity index (χ4n) is 3.00. The molecule has 0 aliphatic carbocycles. The number of amides is 1. The average molecular weight is 472 g/mol. The van der Waals surface area contributed by atoms with Crippen LogP contribution in [0.1, 0.15) is 16.8 Å². The van der Waals surface area contributed by atoms with Gasteiger partial charge in [-0.1, -0.05) is 11.3 Å². The van der Waals surface area contributed by atoms with E-state index in [2.05, 4.69) is 4.98 Å². The van der Waals surface area contributed by atoms with Gasteiger partial charge in [0.2, 0.25) is 0 Å². The summed E-state index contributed by atoms with van der Waals surface area (Å²) >= 11 is 1.28. The molecule has 0 radical (unpaired) electrons.